The minimum absolute atomic E-state index is 0.0539. The van der Waals surface area contributed by atoms with Crippen LogP contribution in [0.5, 0.6) is 5.75 Å². The Kier molecular flexibility index (Phi) is 5.27. The molecule has 1 aromatic rings. The van der Waals surface area contributed by atoms with Crippen LogP contribution in [0.1, 0.15) is 42.5 Å². The van der Waals surface area contributed by atoms with Gasteiger partial charge in [-0.3, -0.25) is 14.5 Å². The molecule has 1 unspecified atom stereocenters. The zero-order valence-corrected chi connectivity index (χ0v) is 14.8. The number of β-amino-alcohol motifs (C(OH)–C–C–N with tert-alkyl or cyclic N) is 1. The van der Waals surface area contributed by atoms with E-state index < -0.39 is 17.5 Å². The molecule has 0 bridgehead atoms. The quantitative estimate of drug-likeness (QED) is 0.610. The number of imide groups is 1. The largest absolute Gasteiger partial charge is 0.491 e. The second-order valence-electron chi connectivity index (χ2n) is 6.95. The molecule has 0 aromatic heterocycles. The highest BCUT2D eigenvalue weighted by Crippen LogP contribution is 2.46. The van der Waals surface area contributed by atoms with Crippen LogP contribution in [0.4, 0.5) is 0 Å². The van der Waals surface area contributed by atoms with Crippen molar-refractivity contribution >= 4 is 17.8 Å². The maximum atomic E-state index is 12.6. The maximum absolute atomic E-state index is 12.6. The monoisotopic (exact) mass is 361 g/mol. The molecule has 1 spiro atoms. The van der Waals surface area contributed by atoms with Gasteiger partial charge in [0.15, 0.2) is 0 Å². The van der Waals surface area contributed by atoms with E-state index in [0.717, 1.165) is 25.7 Å². The third kappa shape index (κ3) is 3.58. The summed E-state index contributed by atoms with van der Waals surface area (Å²) in [7, 11) is 1.31. The lowest BCUT2D eigenvalue weighted by Crippen LogP contribution is -2.41. The molecule has 3 rings (SSSR count). The predicted octanol–water partition coefficient (Wildman–Crippen LogP) is 1.53. The van der Waals surface area contributed by atoms with Gasteiger partial charge in [-0.05, 0) is 37.1 Å². The number of likely N-dealkylation sites (tertiary alicyclic amines) is 1. The molecule has 26 heavy (non-hydrogen) atoms. The highest BCUT2D eigenvalue weighted by molar-refractivity contribution is 6.06. The Morgan fingerprint density at radius 3 is 2.50 bits per heavy atom. The fourth-order valence-electron chi connectivity index (χ4n) is 3.75. The molecule has 1 aliphatic heterocycles. The van der Waals surface area contributed by atoms with Crippen molar-refractivity contribution in [3.8, 4) is 5.75 Å². The molecule has 1 heterocycles. The van der Waals surface area contributed by atoms with E-state index >= 15 is 0 Å². The summed E-state index contributed by atoms with van der Waals surface area (Å²) in [5.41, 5.74) is -0.128. The Labute approximate surface area is 151 Å². The number of aliphatic hydroxyl groups excluding tert-OH is 1. The molecule has 2 fully saturated rings. The number of nitrogens with zero attached hydrogens (tertiary/aromatic N) is 1. The fraction of sp³-hybridized carbons (Fsp3) is 0.526. The van der Waals surface area contributed by atoms with Gasteiger partial charge < -0.3 is 14.6 Å². The van der Waals surface area contributed by atoms with Crippen molar-refractivity contribution in [1.29, 1.82) is 0 Å². The third-order valence-electron chi connectivity index (χ3n) is 5.16. The summed E-state index contributed by atoms with van der Waals surface area (Å²) in [6, 6.07) is 6.31. The van der Waals surface area contributed by atoms with Crippen LogP contribution in [0, 0.1) is 5.41 Å². The zero-order valence-electron chi connectivity index (χ0n) is 14.8. The molecular weight excluding hydrogens is 338 g/mol. The van der Waals surface area contributed by atoms with E-state index in [2.05, 4.69) is 4.74 Å². The molecule has 2 amide bonds. The number of carbonyl (C=O) groups excluding carboxylic acids is 3. The van der Waals surface area contributed by atoms with Gasteiger partial charge >= 0.3 is 5.97 Å². The number of amides is 2. The zero-order chi connectivity index (χ0) is 18.7. The molecule has 0 radical (unpaired) electrons. The molecule has 2 aliphatic rings. The first-order valence-corrected chi connectivity index (χ1v) is 8.79. The Morgan fingerprint density at radius 1 is 1.23 bits per heavy atom. The first-order valence-electron chi connectivity index (χ1n) is 8.79. The number of benzene rings is 1. The molecule has 1 aliphatic carbocycles. The van der Waals surface area contributed by atoms with E-state index in [0.29, 0.717) is 11.3 Å². The summed E-state index contributed by atoms with van der Waals surface area (Å²) in [4.78, 5) is 37.3. The van der Waals surface area contributed by atoms with E-state index in [9.17, 15) is 19.5 Å². The topological polar surface area (TPSA) is 93.1 Å². The lowest BCUT2D eigenvalue weighted by molar-refractivity contribution is -0.143. The van der Waals surface area contributed by atoms with Crippen molar-refractivity contribution in [2.45, 2.75) is 38.2 Å². The minimum Gasteiger partial charge on any atom is -0.491 e. The van der Waals surface area contributed by atoms with Crippen molar-refractivity contribution < 1.29 is 29.0 Å². The van der Waals surface area contributed by atoms with Gasteiger partial charge in [-0.25, -0.2) is 4.79 Å². The lowest BCUT2D eigenvalue weighted by Gasteiger charge is -2.23. The van der Waals surface area contributed by atoms with E-state index in [1.54, 1.807) is 24.3 Å². The molecule has 1 saturated heterocycles. The SMILES string of the molecule is COC(=O)c1ccc(OCC(O)CN2C(=O)CC3(CCCC3)C2=O)cc1. The molecule has 1 N–H and O–H groups in total. The first kappa shape index (κ1) is 18.4. The number of ether oxygens (including phenoxy) is 2. The second-order valence-corrected chi connectivity index (χ2v) is 6.95. The Morgan fingerprint density at radius 2 is 1.88 bits per heavy atom. The highest BCUT2D eigenvalue weighted by Gasteiger charge is 2.52. The molecular formula is C19H23NO6. The summed E-state index contributed by atoms with van der Waals surface area (Å²) in [6.07, 6.45) is 2.74. The highest BCUT2D eigenvalue weighted by atomic mass is 16.5. The van der Waals surface area contributed by atoms with Crippen LogP contribution in [-0.4, -0.2) is 54.2 Å². The van der Waals surface area contributed by atoms with Crippen LogP contribution in [0.15, 0.2) is 24.3 Å². The number of aliphatic hydroxyl groups is 1. The predicted molar refractivity (Wildman–Crippen MR) is 91.5 cm³/mol. The molecule has 7 nitrogen and oxygen atoms in total. The lowest BCUT2D eigenvalue weighted by atomic mass is 9.84. The van der Waals surface area contributed by atoms with Crippen LogP contribution in [-0.2, 0) is 14.3 Å². The van der Waals surface area contributed by atoms with Gasteiger partial charge in [0, 0.05) is 6.42 Å². The average Bonchev–Trinajstić information content (AvgIpc) is 3.20. The van der Waals surface area contributed by atoms with Crippen molar-refractivity contribution in [2.75, 3.05) is 20.3 Å². The summed E-state index contributed by atoms with van der Waals surface area (Å²) in [5, 5.41) is 10.2. The van der Waals surface area contributed by atoms with Gasteiger partial charge in [0.25, 0.3) is 0 Å². The van der Waals surface area contributed by atoms with E-state index in [4.69, 9.17) is 4.74 Å². The molecule has 1 aromatic carbocycles. The van der Waals surface area contributed by atoms with Crippen LogP contribution >= 0.6 is 0 Å². The van der Waals surface area contributed by atoms with Crippen LogP contribution in [0.3, 0.4) is 0 Å². The van der Waals surface area contributed by atoms with Gasteiger partial charge in [0.1, 0.15) is 18.5 Å². The summed E-state index contributed by atoms with van der Waals surface area (Å²) in [6.45, 7) is -0.110. The van der Waals surface area contributed by atoms with Gasteiger partial charge in [-0.15, -0.1) is 0 Å². The molecule has 1 atom stereocenters. The fourth-order valence-corrected chi connectivity index (χ4v) is 3.75. The van der Waals surface area contributed by atoms with Crippen molar-refractivity contribution in [1.82, 2.24) is 4.90 Å². The van der Waals surface area contributed by atoms with E-state index in [-0.39, 0.29) is 31.4 Å². The number of methoxy groups -OCH3 is 1. The maximum Gasteiger partial charge on any atom is 0.337 e. The number of hydrogen-bond acceptors (Lipinski definition) is 6. The third-order valence-corrected chi connectivity index (χ3v) is 5.16. The van der Waals surface area contributed by atoms with Crippen molar-refractivity contribution in [2.24, 2.45) is 5.41 Å². The minimum atomic E-state index is -0.972. The van der Waals surface area contributed by atoms with Gasteiger partial charge in [-0.1, -0.05) is 12.8 Å². The Bertz CT molecular complexity index is 692. The summed E-state index contributed by atoms with van der Waals surface area (Å²) in [5.74, 6) is -0.327. The van der Waals surface area contributed by atoms with Crippen LogP contribution in [0.2, 0.25) is 0 Å². The first-order chi connectivity index (χ1) is 12.4. The van der Waals surface area contributed by atoms with E-state index in [1.807, 2.05) is 0 Å². The van der Waals surface area contributed by atoms with Gasteiger partial charge in [-0.2, -0.15) is 0 Å². The Balaban J connectivity index is 1.53. The second kappa shape index (κ2) is 7.45. The molecule has 140 valence electrons. The number of rotatable bonds is 6. The van der Waals surface area contributed by atoms with Crippen molar-refractivity contribution in [3.63, 3.8) is 0 Å². The standard InChI is InChI=1S/C19H23NO6/c1-25-17(23)13-4-6-15(7-5-13)26-12-14(21)11-20-16(22)10-19(18(20)24)8-2-3-9-19/h4-7,14,21H,2-3,8-12H2,1H3. The van der Waals surface area contributed by atoms with Gasteiger partial charge in [0.2, 0.25) is 11.8 Å². The van der Waals surface area contributed by atoms with Crippen LogP contribution < -0.4 is 4.74 Å². The average molecular weight is 361 g/mol. The number of carbonyl (C=O) groups is 3. The van der Waals surface area contributed by atoms with Gasteiger partial charge in [0.05, 0.1) is 24.6 Å². The number of esters is 1. The summed E-state index contributed by atoms with van der Waals surface area (Å²) < 4.78 is 10.1. The van der Waals surface area contributed by atoms with Crippen LogP contribution in [0.25, 0.3) is 0 Å². The summed E-state index contributed by atoms with van der Waals surface area (Å²) >= 11 is 0. The van der Waals surface area contributed by atoms with E-state index in [1.165, 1.54) is 12.0 Å². The molecule has 1 saturated carbocycles. The molecule has 7 heteroatoms. The Hall–Kier alpha value is -2.41. The number of hydrogen-bond donors (Lipinski definition) is 1. The normalized spacial score (nSPS) is 19.8. The smallest absolute Gasteiger partial charge is 0.337 e. The van der Waals surface area contributed by atoms with Crippen molar-refractivity contribution in [3.05, 3.63) is 29.8 Å².